The van der Waals surface area contributed by atoms with Crippen molar-refractivity contribution in [3.8, 4) is 0 Å². The van der Waals surface area contributed by atoms with Gasteiger partial charge in [-0.05, 0) is 23.8 Å². The number of nitrogens with two attached hydrogens (primary N) is 1. The first-order valence-corrected chi connectivity index (χ1v) is 4.98. The molecule has 15 heavy (non-hydrogen) atoms. The van der Waals surface area contributed by atoms with Gasteiger partial charge in [0.25, 0.3) is 5.91 Å². The Bertz CT molecular complexity index is 416. The van der Waals surface area contributed by atoms with E-state index in [4.69, 9.17) is 5.73 Å². The van der Waals surface area contributed by atoms with Gasteiger partial charge in [0.05, 0.1) is 0 Å². The zero-order valence-electron chi connectivity index (χ0n) is 8.62. The van der Waals surface area contributed by atoms with E-state index in [-0.39, 0.29) is 5.41 Å². The van der Waals surface area contributed by atoms with E-state index in [1.807, 2.05) is 12.1 Å². The van der Waals surface area contributed by atoms with E-state index < -0.39 is 11.7 Å². The molecule has 2 N–H and O–H groups in total. The summed E-state index contributed by atoms with van der Waals surface area (Å²) in [6.45, 7) is 2.19. The zero-order chi connectivity index (χ0) is 11.1. The molecule has 0 unspecified atom stereocenters. The number of hydrogen-bond donors (Lipinski definition) is 1. The van der Waals surface area contributed by atoms with Crippen molar-refractivity contribution in [2.45, 2.75) is 25.2 Å². The van der Waals surface area contributed by atoms with Gasteiger partial charge in [-0.2, -0.15) is 0 Å². The van der Waals surface area contributed by atoms with E-state index in [9.17, 15) is 9.59 Å². The number of carbonyl (C=O) groups is 2. The number of ketones is 1. The van der Waals surface area contributed by atoms with E-state index >= 15 is 0 Å². The SMILES string of the molecule is CC1(c2ccc(C(=O)C(N)=O)cc2)CC1. The number of amides is 1. The topological polar surface area (TPSA) is 60.2 Å². The maximum atomic E-state index is 11.2. The second-order valence-electron chi connectivity index (χ2n) is 4.33. The largest absolute Gasteiger partial charge is 0.363 e. The van der Waals surface area contributed by atoms with Crippen LogP contribution >= 0.6 is 0 Å². The molecule has 0 spiro atoms. The minimum absolute atomic E-state index is 0.286. The van der Waals surface area contributed by atoms with E-state index in [0.29, 0.717) is 5.56 Å². The van der Waals surface area contributed by atoms with Crippen LogP contribution in [-0.2, 0) is 10.2 Å². The van der Waals surface area contributed by atoms with Crippen molar-refractivity contribution in [3.05, 3.63) is 35.4 Å². The summed E-state index contributed by atoms with van der Waals surface area (Å²) in [7, 11) is 0. The Hall–Kier alpha value is -1.64. The normalized spacial score (nSPS) is 17.1. The predicted octanol–water partition coefficient (Wildman–Crippen LogP) is 1.41. The van der Waals surface area contributed by atoms with Crippen molar-refractivity contribution in [3.63, 3.8) is 0 Å². The first-order valence-electron chi connectivity index (χ1n) is 4.98. The summed E-state index contributed by atoms with van der Waals surface area (Å²) in [4.78, 5) is 21.9. The second-order valence-corrected chi connectivity index (χ2v) is 4.33. The summed E-state index contributed by atoms with van der Waals surface area (Å²) in [6, 6.07) is 7.16. The van der Waals surface area contributed by atoms with E-state index in [1.54, 1.807) is 12.1 Å². The van der Waals surface area contributed by atoms with Gasteiger partial charge in [-0.15, -0.1) is 0 Å². The summed E-state index contributed by atoms with van der Waals surface area (Å²) in [6.07, 6.45) is 2.38. The molecular weight excluding hydrogens is 190 g/mol. The minimum atomic E-state index is -0.902. The van der Waals surface area contributed by atoms with Gasteiger partial charge in [0.1, 0.15) is 0 Å². The first kappa shape index (κ1) is 9.90. The molecule has 2 rings (SSSR count). The average Bonchev–Trinajstić information content (AvgIpc) is 2.97. The molecule has 1 amide bonds. The number of Topliss-reactive ketones (excluding diaryl/α,β-unsaturated/α-hetero) is 1. The number of hydrogen-bond acceptors (Lipinski definition) is 2. The van der Waals surface area contributed by atoms with Crippen LogP contribution in [-0.4, -0.2) is 11.7 Å². The monoisotopic (exact) mass is 203 g/mol. The lowest BCUT2D eigenvalue weighted by molar-refractivity contribution is -0.114. The number of carbonyl (C=O) groups excluding carboxylic acids is 2. The highest BCUT2D eigenvalue weighted by Gasteiger charge is 2.38. The van der Waals surface area contributed by atoms with Crippen LogP contribution < -0.4 is 5.73 Å². The zero-order valence-corrected chi connectivity index (χ0v) is 8.62. The van der Waals surface area contributed by atoms with Crippen LogP contribution in [0.3, 0.4) is 0 Å². The Balaban J connectivity index is 2.24. The summed E-state index contributed by atoms with van der Waals surface area (Å²) in [5.74, 6) is -1.53. The molecule has 78 valence electrons. The predicted molar refractivity (Wildman–Crippen MR) is 56.6 cm³/mol. The standard InChI is InChI=1S/C12H13NO2/c1-12(6-7-12)9-4-2-8(3-5-9)10(14)11(13)15/h2-5H,6-7H2,1H3,(H2,13,15). The van der Waals surface area contributed by atoms with Crippen molar-refractivity contribution in [1.82, 2.24) is 0 Å². The quantitative estimate of drug-likeness (QED) is 0.596. The molecular formula is C12H13NO2. The molecule has 1 aromatic carbocycles. The molecule has 0 aromatic heterocycles. The van der Waals surface area contributed by atoms with Crippen molar-refractivity contribution in [2.24, 2.45) is 5.73 Å². The number of primary amides is 1. The number of benzene rings is 1. The molecule has 0 saturated heterocycles. The van der Waals surface area contributed by atoms with Gasteiger partial charge in [-0.25, -0.2) is 0 Å². The van der Waals surface area contributed by atoms with Gasteiger partial charge in [0.15, 0.2) is 0 Å². The minimum Gasteiger partial charge on any atom is -0.363 e. The third-order valence-corrected chi connectivity index (χ3v) is 3.07. The smallest absolute Gasteiger partial charge is 0.289 e. The molecule has 3 heteroatoms. The van der Waals surface area contributed by atoms with Crippen LogP contribution in [0.5, 0.6) is 0 Å². The molecule has 0 aliphatic heterocycles. The summed E-state index contributed by atoms with van der Waals surface area (Å²) in [5.41, 5.74) is 6.80. The Morgan fingerprint density at radius 1 is 1.20 bits per heavy atom. The molecule has 1 aromatic rings. The highest BCUT2D eigenvalue weighted by Crippen LogP contribution is 2.47. The molecule has 0 heterocycles. The van der Waals surface area contributed by atoms with Gasteiger partial charge in [-0.3, -0.25) is 9.59 Å². The molecule has 0 radical (unpaired) electrons. The summed E-state index contributed by atoms with van der Waals surface area (Å²) in [5, 5.41) is 0. The Morgan fingerprint density at radius 2 is 1.73 bits per heavy atom. The van der Waals surface area contributed by atoms with Crippen molar-refractivity contribution >= 4 is 11.7 Å². The molecule has 1 aliphatic rings. The highest BCUT2D eigenvalue weighted by atomic mass is 16.2. The summed E-state index contributed by atoms with van der Waals surface area (Å²) >= 11 is 0. The van der Waals surface area contributed by atoms with Crippen molar-refractivity contribution < 1.29 is 9.59 Å². The lowest BCUT2D eigenvalue weighted by Gasteiger charge is -2.08. The first-order chi connectivity index (χ1) is 7.03. The molecule has 1 saturated carbocycles. The third kappa shape index (κ3) is 1.77. The second kappa shape index (κ2) is 3.19. The highest BCUT2D eigenvalue weighted by molar-refractivity contribution is 6.42. The van der Waals surface area contributed by atoms with Crippen LogP contribution in [0.15, 0.2) is 24.3 Å². The van der Waals surface area contributed by atoms with E-state index in [0.717, 1.165) is 0 Å². The van der Waals surface area contributed by atoms with Crippen LogP contribution in [0.1, 0.15) is 35.7 Å². The van der Waals surface area contributed by atoms with E-state index in [1.165, 1.54) is 18.4 Å². The summed E-state index contributed by atoms with van der Waals surface area (Å²) < 4.78 is 0. The van der Waals surface area contributed by atoms with Gasteiger partial charge < -0.3 is 5.73 Å². The van der Waals surface area contributed by atoms with Gasteiger partial charge >= 0.3 is 0 Å². The third-order valence-electron chi connectivity index (χ3n) is 3.07. The Morgan fingerprint density at radius 3 is 2.13 bits per heavy atom. The fraction of sp³-hybridized carbons (Fsp3) is 0.333. The molecule has 0 bridgehead atoms. The van der Waals surface area contributed by atoms with Crippen molar-refractivity contribution in [2.75, 3.05) is 0 Å². The van der Waals surface area contributed by atoms with Gasteiger partial charge in [0.2, 0.25) is 5.78 Å². The molecule has 1 aliphatic carbocycles. The maximum absolute atomic E-state index is 11.2. The van der Waals surface area contributed by atoms with E-state index in [2.05, 4.69) is 6.92 Å². The maximum Gasteiger partial charge on any atom is 0.289 e. The molecule has 0 atom stereocenters. The number of rotatable bonds is 3. The van der Waals surface area contributed by atoms with Gasteiger partial charge in [0, 0.05) is 5.56 Å². The molecule has 1 fully saturated rings. The molecule has 3 nitrogen and oxygen atoms in total. The lowest BCUT2D eigenvalue weighted by Crippen LogP contribution is -2.23. The fourth-order valence-electron chi connectivity index (χ4n) is 1.64. The van der Waals surface area contributed by atoms with Gasteiger partial charge in [-0.1, -0.05) is 31.2 Å². The average molecular weight is 203 g/mol. The van der Waals surface area contributed by atoms with Crippen LogP contribution in [0.2, 0.25) is 0 Å². The van der Waals surface area contributed by atoms with Crippen LogP contribution in [0, 0.1) is 0 Å². The fourth-order valence-corrected chi connectivity index (χ4v) is 1.64. The lowest BCUT2D eigenvalue weighted by atomic mass is 9.96. The van der Waals surface area contributed by atoms with Crippen LogP contribution in [0.25, 0.3) is 0 Å². The van der Waals surface area contributed by atoms with Crippen LogP contribution in [0.4, 0.5) is 0 Å². The Labute approximate surface area is 88.3 Å². The Kier molecular flexibility index (Phi) is 2.11. The van der Waals surface area contributed by atoms with Crippen molar-refractivity contribution in [1.29, 1.82) is 0 Å².